The van der Waals surface area contributed by atoms with E-state index < -0.39 is 5.60 Å². The molecule has 0 spiro atoms. The van der Waals surface area contributed by atoms with E-state index in [1.54, 1.807) is 0 Å². The third kappa shape index (κ3) is 30.5. The Labute approximate surface area is 256 Å². The highest BCUT2D eigenvalue weighted by molar-refractivity contribution is 5.67. The van der Waals surface area contributed by atoms with Gasteiger partial charge in [0.15, 0.2) is 0 Å². The van der Waals surface area contributed by atoms with Gasteiger partial charge in [0.05, 0.1) is 12.2 Å². The van der Waals surface area contributed by atoms with Crippen LogP contribution in [0.4, 0.5) is 4.79 Å². The predicted octanol–water partition coefficient (Wildman–Crippen LogP) is 11.1. The Hall–Kier alpha value is -0.810. The van der Waals surface area contributed by atoms with E-state index in [1.807, 2.05) is 13.8 Å². The molecule has 0 radical (unpaired) electrons. The van der Waals surface area contributed by atoms with Crippen molar-refractivity contribution in [2.24, 2.45) is 0 Å². The van der Waals surface area contributed by atoms with Crippen LogP contribution in [0.3, 0.4) is 0 Å². The molecule has 246 valence electrons. The minimum atomic E-state index is -0.533. The highest BCUT2D eigenvalue weighted by Gasteiger charge is 2.17. The first-order valence-corrected chi connectivity index (χ1v) is 18.1. The number of carbonyl (C=O) groups is 1. The largest absolute Gasteiger partial charge is 0.446 e. The van der Waals surface area contributed by atoms with Crippen LogP contribution >= 0.6 is 0 Å². The zero-order chi connectivity index (χ0) is 30.3. The first-order valence-electron chi connectivity index (χ1n) is 18.1. The van der Waals surface area contributed by atoms with Crippen LogP contribution in [0.2, 0.25) is 0 Å². The summed E-state index contributed by atoms with van der Waals surface area (Å²) in [6.45, 7) is 9.31. The number of alkyl carbamates (subject to hydrolysis) is 1. The normalized spacial score (nSPS) is 12.5. The predicted molar refractivity (Wildman–Crippen MR) is 177 cm³/mol. The molecule has 5 nitrogen and oxygen atoms in total. The van der Waals surface area contributed by atoms with Gasteiger partial charge in [-0.1, -0.05) is 149 Å². The van der Waals surface area contributed by atoms with Crippen LogP contribution in [-0.2, 0) is 9.47 Å². The van der Waals surface area contributed by atoms with Gasteiger partial charge >= 0.3 is 6.09 Å². The Bertz CT molecular complexity index is 540. The van der Waals surface area contributed by atoms with Gasteiger partial charge < -0.3 is 19.9 Å². The van der Waals surface area contributed by atoms with E-state index >= 15 is 0 Å². The number of carbonyl (C=O) groups excluding carboxylic acids is 1. The maximum atomic E-state index is 12.5. The fraction of sp³-hybridized carbons (Fsp3) is 0.972. The molecule has 1 unspecified atom stereocenters. The van der Waals surface area contributed by atoms with Gasteiger partial charge in [-0.05, 0) is 46.0 Å². The van der Waals surface area contributed by atoms with Gasteiger partial charge in [0, 0.05) is 13.2 Å². The van der Waals surface area contributed by atoms with Crippen molar-refractivity contribution in [1.82, 2.24) is 5.32 Å². The summed E-state index contributed by atoms with van der Waals surface area (Å²) in [5.41, 5.74) is -0.533. The molecule has 0 saturated carbocycles. The van der Waals surface area contributed by atoms with E-state index in [2.05, 4.69) is 19.2 Å². The highest BCUT2D eigenvalue weighted by atomic mass is 16.6. The van der Waals surface area contributed by atoms with Crippen molar-refractivity contribution < 1.29 is 19.4 Å². The Kier molecular flexibility index (Phi) is 30.0. The number of nitrogens with one attached hydrogen (secondary N) is 1. The number of aliphatic hydroxyl groups is 1. The lowest BCUT2D eigenvalue weighted by Gasteiger charge is -2.22. The third-order valence-electron chi connectivity index (χ3n) is 8.25. The number of rotatable bonds is 32. The lowest BCUT2D eigenvalue weighted by molar-refractivity contribution is -0.0539. The number of ether oxygens (including phenoxy) is 2. The summed E-state index contributed by atoms with van der Waals surface area (Å²) in [5, 5.41) is 12.2. The number of aliphatic hydroxyl groups excluding tert-OH is 1. The first-order chi connectivity index (χ1) is 19.9. The summed E-state index contributed by atoms with van der Waals surface area (Å²) in [6.07, 6.45) is 33.3. The molecule has 2 N–H and O–H groups in total. The molecule has 0 bridgehead atoms. The number of hydrogen-bond acceptors (Lipinski definition) is 4. The SMILES string of the molecule is CCCCCCCCCCCCCCCCCC(CCCCCCCCCC)OC(=O)NCCCOC(C)(C)CO. The molecule has 0 aromatic rings. The van der Waals surface area contributed by atoms with Crippen molar-refractivity contribution in [1.29, 1.82) is 0 Å². The van der Waals surface area contributed by atoms with Crippen molar-refractivity contribution >= 4 is 6.09 Å². The monoisotopic (exact) mass is 584 g/mol. The van der Waals surface area contributed by atoms with Crippen LogP contribution in [0.1, 0.15) is 195 Å². The molecule has 0 saturated heterocycles. The molecule has 0 aliphatic rings. The van der Waals surface area contributed by atoms with Crippen LogP contribution in [0.25, 0.3) is 0 Å². The second-order valence-corrected chi connectivity index (χ2v) is 13.1. The van der Waals surface area contributed by atoms with Crippen molar-refractivity contribution in [3.05, 3.63) is 0 Å². The lowest BCUT2D eigenvalue weighted by atomic mass is 10.0. The second-order valence-electron chi connectivity index (χ2n) is 13.1. The summed E-state index contributed by atoms with van der Waals surface area (Å²) >= 11 is 0. The highest BCUT2D eigenvalue weighted by Crippen LogP contribution is 2.18. The maximum Gasteiger partial charge on any atom is 0.407 e. The minimum absolute atomic E-state index is 0.0117. The van der Waals surface area contributed by atoms with E-state index in [9.17, 15) is 9.90 Å². The van der Waals surface area contributed by atoms with Gasteiger partial charge in [0.2, 0.25) is 0 Å². The molecule has 1 atom stereocenters. The molecule has 0 heterocycles. The summed E-state index contributed by atoms with van der Waals surface area (Å²) in [4.78, 5) is 12.5. The first kappa shape index (κ1) is 40.2. The van der Waals surface area contributed by atoms with Crippen molar-refractivity contribution in [3.8, 4) is 0 Å². The Balaban J connectivity index is 4.03. The van der Waals surface area contributed by atoms with Gasteiger partial charge in [-0.3, -0.25) is 0 Å². The van der Waals surface area contributed by atoms with E-state index in [1.165, 1.54) is 135 Å². The zero-order valence-corrected chi connectivity index (χ0v) is 28.3. The zero-order valence-electron chi connectivity index (χ0n) is 28.3. The van der Waals surface area contributed by atoms with Crippen LogP contribution < -0.4 is 5.32 Å². The number of amides is 1. The van der Waals surface area contributed by atoms with Crippen LogP contribution in [0.5, 0.6) is 0 Å². The molecule has 0 aliphatic heterocycles. The molecule has 0 aromatic heterocycles. The average Bonchev–Trinajstić information content (AvgIpc) is 2.96. The fourth-order valence-electron chi connectivity index (χ4n) is 5.36. The van der Waals surface area contributed by atoms with Gasteiger partial charge in [0.1, 0.15) is 6.10 Å². The molecule has 0 aliphatic carbocycles. The van der Waals surface area contributed by atoms with E-state index in [0.29, 0.717) is 19.6 Å². The van der Waals surface area contributed by atoms with Gasteiger partial charge in [0.25, 0.3) is 0 Å². The lowest BCUT2D eigenvalue weighted by Crippen LogP contribution is -2.32. The Morgan fingerprint density at radius 3 is 1.34 bits per heavy atom. The molecular formula is C36H73NO4. The number of unbranched alkanes of at least 4 members (excludes halogenated alkanes) is 21. The van der Waals surface area contributed by atoms with Crippen LogP contribution in [0, 0.1) is 0 Å². The Morgan fingerprint density at radius 1 is 0.610 bits per heavy atom. The van der Waals surface area contributed by atoms with Crippen molar-refractivity contribution in [2.45, 2.75) is 206 Å². The molecule has 0 rings (SSSR count). The van der Waals surface area contributed by atoms with E-state index in [4.69, 9.17) is 9.47 Å². The standard InChI is InChI=1S/C36H73NO4/c1-5-7-9-11-13-15-16-17-18-19-20-21-23-25-27-30-34(29-26-24-22-14-12-10-8-6-2)41-35(39)37-31-28-32-40-36(3,4)33-38/h34,38H,5-33H2,1-4H3,(H,37,39). The van der Waals surface area contributed by atoms with Crippen LogP contribution in [0.15, 0.2) is 0 Å². The van der Waals surface area contributed by atoms with Gasteiger partial charge in [-0.2, -0.15) is 0 Å². The third-order valence-corrected chi connectivity index (χ3v) is 8.25. The van der Waals surface area contributed by atoms with Gasteiger partial charge in [-0.15, -0.1) is 0 Å². The van der Waals surface area contributed by atoms with E-state index in [0.717, 1.165) is 25.7 Å². The van der Waals surface area contributed by atoms with Gasteiger partial charge in [-0.25, -0.2) is 4.79 Å². The smallest absolute Gasteiger partial charge is 0.407 e. The van der Waals surface area contributed by atoms with Crippen molar-refractivity contribution in [3.63, 3.8) is 0 Å². The quantitative estimate of drug-likeness (QED) is 0.0773. The fourth-order valence-corrected chi connectivity index (χ4v) is 5.36. The minimum Gasteiger partial charge on any atom is -0.446 e. The number of hydrogen-bond donors (Lipinski definition) is 2. The molecule has 1 amide bonds. The summed E-state index contributed by atoms with van der Waals surface area (Å²) in [7, 11) is 0. The summed E-state index contributed by atoms with van der Waals surface area (Å²) in [6, 6.07) is 0. The molecule has 5 heteroatoms. The maximum absolute atomic E-state index is 12.5. The van der Waals surface area contributed by atoms with Crippen molar-refractivity contribution in [2.75, 3.05) is 19.8 Å². The average molecular weight is 584 g/mol. The molecule has 0 fully saturated rings. The molecule has 41 heavy (non-hydrogen) atoms. The summed E-state index contributed by atoms with van der Waals surface area (Å²) < 4.78 is 11.5. The Morgan fingerprint density at radius 2 is 0.976 bits per heavy atom. The molecule has 0 aromatic carbocycles. The second kappa shape index (κ2) is 30.6. The van der Waals surface area contributed by atoms with E-state index in [-0.39, 0.29) is 18.8 Å². The van der Waals surface area contributed by atoms with Crippen LogP contribution in [-0.4, -0.2) is 42.7 Å². The summed E-state index contributed by atoms with van der Waals surface area (Å²) in [5.74, 6) is 0. The molecular weight excluding hydrogens is 510 g/mol. The topological polar surface area (TPSA) is 67.8 Å².